The van der Waals surface area contributed by atoms with E-state index in [4.69, 9.17) is 24.7 Å². The molecule has 0 saturated heterocycles. The van der Waals surface area contributed by atoms with Crippen LogP contribution in [0.3, 0.4) is 0 Å². The number of ketones is 6. The number of nitrogens with one attached hydrogen (secondary N) is 5. The number of rotatable bonds is 49. The number of carbonyl (C=O) groups excluding carboxylic acids is 12. The molecule has 2 rings (SSSR count). The van der Waals surface area contributed by atoms with Crippen molar-refractivity contribution in [2.45, 2.75) is 156 Å². The number of amides is 5. The zero-order valence-corrected chi connectivity index (χ0v) is 59.1. The zero-order chi connectivity index (χ0) is 64.9. The van der Waals surface area contributed by atoms with E-state index in [2.05, 4.69) is 26.6 Å². The van der Waals surface area contributed by atoms with Crippen LogP contribution in [0.5, 0.6) is 0 Å². The van der Waals surface area contributed by atoms with Gasteiger partial charge in [-0.15, -0.1) is 0 Å². The topological polar surface area (TPSA) is 328 Å². The van der Waals surface area contributed by atoms with Crippen LogP contribution in [0, 0.1) is 23.7 Å². The van der Waals surface area contributed by atoms with Crippen molar-refractivity contribution in [3.63, 3.8) is 0 Å². The summed E-state index contributed by atoms with van der Waals surface area (Å²) >= 11 is 1.93. The normalized spacial score (nSPS) is 12.7. The number of hydrogen-bond acceptors (Lipinski definition) is 17. The Hall–Kier alpha value is -3.92. The Morgan fingerprint density at radius 3 is 1.55 bits per heavy atom. The van der Waals surface area contributed by atoms with Gasteiger partial charge in [-0.05, 0) is 80.4 Å². The summed E-state index contributed by atoms with van der Waals surface area (Å²) in [7, 11) is 0. The molecule has 0 radical (unpaired) electrons. The van der Waals surface area contributed by atoms with Gasteiger partial charge in [0.2, 0.25) is 29.5 Å². The average molecular weight is 1390 g/mol. The minimum atomic E-state index is -0.869. The molecule has 0 aliphatic rings. The van der Waals surface area contributed by atoms with Gasteiger partial charge in [-0.3, -0.25) is 47.9 Å². The molecular formula is C63H95IKN6O16P. The van der Waals surface area contributed by atoms with Crippen molar-refractivity contribution < 1.29 is 128 Å². The van der Waals surface area contributed by atoms with Gasteiger partial charge in [0.25, 0.3) is 0 Å². The Labute approximate surface area is 577 Å². The van der Waals surface area contributed by atoms with Gasteiger partial charge in [-0.1, -0.05) is 102 Å². The molecular weight excluding hydrogens is 1290 g/mol. The molecule has 0 aliphatic carbocycles. The predicted molar refractivity (Wildman–Crippen MR) is 340 cm³/mol. The number of halogens is 1. The van der Waals surface area contributed by atoms with Crippen molar-refractivity contribution in [3.05, 3.63) is 71.8 Å². The Morgan fingerprint density at radius 2 is 1.03 bits per heavy atom. The quantitative estimate of drug-likeness (QED) is 0.0240. The van der Waals surface area contributed by atoms with Crippen molar-refractivity contribution in [2.24, 2.45) is 29.4 Å². The number of ether oxygens (including phenoxy) is 4. The second-order valence-electron chi connectivity index (χ2n) is 22.1. The molecule has 0 aliphatic heterocycles. The minimum absolute atomic E-state index is 0. The molecule has 25 heteroatoms. The summed E-state index contributed by atoms with van der Waals surface area (Å²) in [5.74, 6) is -3.30. The Bertz CT molecular complexity index is 2440. The number of benzene rings is 2. The van der Waals surface area contributed by atoms with Gasteiger partial charge in [0, 0.05) is 69.9 Å². The van der Waals surface area contributed by atoms with Gasteiger partial charge in [0.15, 0.2) is 23.1 Å². The molecule has 22 nitrogen and oxygen atoms in total. The fourth-order valence-electron chi connectivity index (χ4n) is 8.28. The Kier molecular flexibility index (Phi) is 49.4. The van der Waals surface area contributed by atoms with E-state index in [0.29, 0.717) is 50.9 Å². The Balaban J connectivity index is 0.00000252. The van der Waals surface area contributed by atoms with Crippen molar-refractivity contribution in [2.75, 3.05) is 72.5 Å². The summed E-state index contributed by atoms with van der Waals surface area (Å²) in [6.07, 6.45) is 4.22. The molecule has 5 amide bonds. The first-order valence-corrected chi connectivity index (χ1v) is 33.6. The fraction of sp³-hybridized carbons (Fsp3) is 0.619. The molecule has 0 bridgehead atoms. The van der Waals surface area contributed by atoms with Gasteiger partial charge in [-0.2, -0.15) is 0 Å². The van der Waals surface area contributed by atoms with Crippen molar-refractivity contribution in [1.29, 1.82) is 0 Å². The fourth-order valence-corrected chi connectivity index (χ4v) is 9.20. The molecule has 2 aromatic carbocycles. The molecule has 88 heavy (non-hydrogen) atoms. The molecule has 486 valence electrons. The molecule has 0 fully saturated rings. The molecule has 5 unspecified atom stereocenters. The van der Waals surface area contributed by atoms with Gasteiger partial charge in [0.1, 0.15) is 24.8 Å². The van der Waals surface area contributed by atoms with Crippen LogP contribution in [-0.4, -0.2) is 160 Å². The molecule has 7 N–H and O–H groups in total. The predicted octanol–water partition coefficient (Wildman–Crippen LogP) is 2.70. The van der Waals surface area contributed by atoms with E-state index < -0.39 is 41.8 Å². The third-order valence-corrected chi connectivity index (χ3v) is 15.2. The van der Waals surface area contributed by atoms with Gasteiger partial charge in [-0.25, -0.2) is 0 Å². The smallest absolute Gasteiger partial charge is 0.390 e. The van der Waals surface area contributed by atoms with E-state index in [1.165, 1.54) is 6.92 Å². The third kappa shape index (κ3) is 43.7. The molecule has 0 aromatic heterocycles. The maximum atomic E-state index is 13.5. The number of carbonyl (C=O) groups is 12. The zero-order valence-electron chi connectivity index (χ0n) is 52.9. The van der Waals surface area contributed by atoms with Crippen molar-refractivity contribution in [1.82, 2.24) is 26.6 Å². The summed E-state index contributed by atoms with van der Waals surface area (Å²) in [5, 5.41) is 13.4. The van der Waals surface area contributed by atoms with Crippen LogP contribution in [-0.2, 0) is 89.3 Å². The van der Waals surface area contributed by atoms with Gasteiger partial charge < -0.3 is 89.1 Å². The summed E-state index contributed by atoms with van der Waals surface area (Å²) < 4.78 is 21.3. The van der Waals surface area contributed by atoms with Gasteiger partial charge >= 0.3 is 51.4 Å². The second-order valence-corrected chi connectivity index (χ2v) is 24.2. The largest absolute Gasteiger partial charge is 1.00 e. The van der Waals surface area contributed by atoms with Crippen LogP contribution in [0.25, 0.3) is 0 Å². The van der Waals surface area contributed by atoms with Crippen LogP contribution < -0.4 is 83.7 Å². The van der Waals surface area contributed by atoms with Crippen LogP contribution in [0.1, 0.15) is 137 Å². The molecule has 0 spiro atoms. The summed E-state index contributed by atoms with van der Waals surface area (Å²) in [5.41, 5.74) is 7.79. The molecule has 0 saturated carbocycles. The first-order valence-electron chi connectivity index (χ1n) is 29.9. The van der Waals surface area contributed by atoms with E-state index in [0.717, 1.165) is 11.1 Å². The van der Waals surface area contributed by atoms with Crippen LogP contribution in [0.2, 0.25) is 0 Å². The third-order valence-electron chi connectivity index (χ3n) is 13.2. The second kappa shape index (κ2) is 51.7. The van der Waals surface area contributed by atoms with Crippen LogP contribution in [0.4, 0.5) is 0 Å². The summed E-state index contributed by atoms with van der Waals surface area (Å²) in [6.45, 7) is 13.4. The van der Waals surface area contributed by atoms with Crippen LogP contribution in [0.15, 0.2) is 60.7 Å². The summed E-state index contributed by atoms with van der Waals surface area (Å²) in [4.78, 5) is 147. The first kappa shape index (κ1) is 84.1. The van der Waals surface area contributed by atoms with Gasteiger partial charge in [0.05, 0.1) is 64.2 Å². The Morgan fingerprint density at radius 1 is 0.545 bits per heavy atom. The monoisotopic (exact) mass is 1390 g/mol. The minimum Gasteiger partial charge on any atom is -0.390 e. The van der Waals surface area contributed by atoms with Crippen molar-refractivity contribution in [3.8, 4) is 0 Å². The number of nitrogens with two attached hydrogens (primary N) is 1. The number of Topliss-reactive ketones (excluding diaryl/α,β-unsaturated/α-hetero) is 6. The first-order chi connectivity index (χ1) is 41.4. The molecule has 2 aromatic rings. The van der Waals surface area contributed by atoms with E-state index in [1.54, 1.807) is 6.92 Å². The molecule has 0 heterocycles. The standard InChI is InChI=1S/C43H66IN5O13P.C20H29NO3.K/c1-4-33(50)26-47-39(54)28-61-21-19-59-17-8-11-34(51)12-13-36(45)43(58)46-16-18-60-20-22-62-29-40(55)48-27-35(52)25-32(24-31-9-6-5-7-10-31)42(57)49-37(23-30(2)3)38(53)14-15-41(56)63-44;1-14(2)12-18(19(23)11-10-16(4)22)21-20(24)15(3)13-17-8-6-5-7-9-17;/h5-7,9-10,30,32,36-37H,4,8,11-29,45H2,1-3H3,(H,46,58)(H,47,54)(H,48,55)(H,49,57);5-9,14-15,18H,10-13H2,1-4H3,(H,21,24);/q-1;;+1. The van der Waals surface area contributed by atoms with E-state index in [1.807, 2.05) is 117 Å². The SMILES string of the molecule is CC(=O)CCC(=O)C(CC(C)C)NC(=O)C(C)Cc1ccccc1.CCC(=O)CNC(=O)COCCOCCCC(=O)CCC(N)C(=O)NCCOCCOCC(=O)NCC(=O)CC(Cc1ccccc1)C(=O)NC(CC(C)C)C(=O)CCC(=O)[P-]I.[K+]. The van der Waals surface area contributed by atoms with Crippen molar-refractivity contribution >= 4 is 98.0 Å². The maximum absolute atomic E-state index is 13.5. The molecule has 5 atom stereocenters. The number of hydrogen-bond donors (Lipinski definition) is 6. The van der Waals surface area contributed by atoms with E-state index in [-0.39, 0.29) is 239 Å². The summed E-state index contributed by atoms with van der Waals surface area (Å²) in [6, 6.07) is 16.8. The van der Waals surface area contributed by atoms with Crippen LogP contribution >= 0.6 is 28.3 Å². The average Bonchev–Trinajstić information content (AvgIpc) is 3.57. The maximum Gasteiger partial charge on any atom is 1.00 e. The van der Waals surface area contributed by atoms with E-state index in [9.17, 15) is 57.5 Å². The van der Waals surface area contributed by atoms with E-state index >= 15 is 0 Å².